The Morgan fingerprint density at radius 1 is 1.30 bits per heavy atom. The second-order valence-electron chi connectivity index (χ2n) is 5.17. The number of hydrogen-bond acceptors (Lipinski definition) is 1. The first-order valence-electron chi connectivity index (χ1n) is 7.15. The van der Waals surface area contributed by atoms with Gasteiger partial charge in [-0.2, -0.15) is 0 Å². The van der Waals surface area contributed by atoms with Crippen molar-refractivity contribution in [3.63, 3.8) is 0 Å². The molecule has 0 saturated heterocycles. The van der Waals surface area contributed by atoms with Gasteiger partial charge in [0, 0.05) is 21.8 Å². The summed E-state index contributed by atoms with van der Waals surface area (Å²) in [6.07, 6.45) is 7.74. The largest absolute Gasteiger partial charge is 0.322 e. The van der Waals surface area contributed by atoms with Crippen LogP contribution in [0.25, 0.3) is 0 Å². The second kappa shape index (κ2) is 7.67. The van der Waals surface area contributed by atoms with Crippen LogP contribution in [0.1, 0.15) is 32.1 Å². The minimum absolute atomic E-state index is 0.0157. The maximum Gasteiger partial charge on any atom is 0.322 e. The molecule has 4 heteroatoms. The van der Waals surface area contributed by atoms with Gasteiger partial charge in [0.25, 0.3) is 0 Å². The lowest BCUT2D eigenvalue weighted by Gasteiger charge is -2.33. The van der Waals surface area contributed by atoms with E-state index in [4.69, 9.17) is 0 Å². The third-order valence-electron chi connectivity index (χ3n) is 3.70. The molecule has 0 unspecified atom stereocenters. The van der Waals surface area contributed by atoms with E-state index in [-0.39, 0.29) is 6.03 Å². The van der Waals surface area contributed by atoms with Crippen LogP contribution in [0.5, 0.6) is 0 Å². The van der Waals surface area contributed by atoms with Crippen LogP contribution in [-0.2, 0) is 0 Å². The van der Waals surface area contributed by atoms with Gasteiger partial charge < -0.3 is 10.2 Å². The lowest BCUT2D eigenvalue weighted by Crippen LogP contribution is -2.43. The molecule has 0 bridgehead atoms. The van der Waals surface area contributed by atoms with Crippen molar-refractivity contribution in [2.75, 3.05) is 11.9 Å². The standard InChI is InChI=1S/C16H21IN2O/c1-2-12-19(15-6-4-3-5-7-15)16(20)18-14-10-8-13(17)9-11-14/h2,8-11,15H,1,3-7,12H2,(H,18,20). The number of nitrogens with one attached hydrogen (secondary N) is 1. The van der Waals surface area contributed by atoms with Gasteiger partial charge in [-0.05, 0) is 59.7 Å². The third-order valence-corrected chi connectivity index (χ3v) is 4.42. The molecule has 3 nitrogen and oxygen atoms in total. The van der Waals surface area contributed by atoms with Gasteiger partial charge in [0.05, 0.1) is 0 Å². The summed E-state index contributed by atoms with van der Waals surface area (Å²) in [6, 6.07) is 8.20. The Labute approximate surface area is 134 Å². The molecule has 1 saturated carbocycles. The van der Waals surface area contributed by atoms with Crippen molar-refractivity contribution in [1.82, 2.24) is 4.90 Å². The highest BCUT2D eigenvalue weighted by Crippen LogP contribution is 2.23. The summed E-state index contributed by atoms with van der Waals surface area (Å²) in [5.74, 6) is 0. The maximum atomic E-state index is 12.5. The summed E-state index contributed by atoms with van der Waals surface area (Å²) in [4.78, 5) is 14.4. The highest BCUT2D eigenvalue weighted by atomic mass is 127. The third kappa shape index (κ3) is 4.23. The van der Waals surface area contributed by atoms with E-state index in [1.807, 2.05) is 35.2 Å². The Morgan fingerprint density at radius 2 is 1.95 bits per heavy atom. The van der Waals surface area contributed by atoms with Crippen LogP contribution in [0.3, 0.4) is 0 Å². The van der Waals surface area contributed by atoms with E-state index in [1.54, 1.807) is 0 Å². The van der Waals surface area contributed by atoms with E-state index in [0.717, 1.165) is 22.1 Å². The van der Waals surface area contributed by atoms with E-state index < -0.39 is 0 Å². The lowest BCUT2D eigenvalue weighted by molar-refractivity contribution is 0.176. The molecule has 0 radical (unpaired) electrons. The van der Waals surface area contributed by atoms with Crippen LogP contribution >= 0.6 is 22.6 Å². The summed E-state index contributed by atoms with van der Waals surface area (Å²) in [7, 11) is 0. The number of carbonyl (C=O) groups is 1. The Hall–Kier alpha value is -1.04. The summed E-state index contributed by atoms with van der Waals surface area (Å²) in [5.41, 5.74) is 0.847. The van der Waals surface area contributed by atoms with Crippen LogP contribution in [0.15, 0.2) is 36.9 Å². The number of amides is 2. The molecule has 1 aromatic carbocycles. The summed E-state index contributed by atoms with van der Waals surface area (Å²) >= 11 is 2.26. The Kier molecular flexibility index (Phi) is 5.88. The molecule has 0 spiro atoms. The van der Waals surface area contributed by atoms with Crippen molar-refractivity contribution in [3.05, 3.63) is 40.5 Å². The van der Waals surface area contributed by atoms with Crippen molar-refractivity contribution >= 4 is 34.3 Å². The SMILES string of the molecule is C=CCN(C(=O)Nc1ccc(I)cc1)C1CCCCC1. The number of anilines is 1. The molecular formula is C16H21IN2O. The van der Waals surface area contributed by atoms with Crippen molar-refractivity contribution in [1.29, 1.82) is 0 Å². The molecule has 2 rings (SSSR count). The normalized spacial score (nSPS) is 15.7. The van der Waals surface area contributed by atoms with Crippen LogP contribution in [0.2, 0.25) is 0 Å². The van der Waals surface area contributed by atoms with Crippen LogP contribution in [-0.4, -0.2) is 23.5 Å². The number of urea groups is 1. The highest BCUT2D eigenvalue weighted by Gasteiger charge is 2.24. The molecule has 20 heavy (non-hydrogen) atoms. The summed E-state index contributed by atoms with van der Waals surface area (Å²) in [5, 5.41) is 2.99. The fourth-order valence-electron chi connectivity index (χ4n) is 2.66. The molecule has 0 atom stereocenters. The first kappa shape index (κ1) is 15.4. The van der Waals surface area contributed by atoms with E-state index in [0.29, 0.717) is 12.6 Å². The van der Waals surface area contributed by atoms with Gasteiger partial charge in [0.15, 0.2) is 0 Å². The number of benzene rings is 1. The number of carbonyl (C=O) groups excluding carboxylic acids is 1. The van der Waals surface area contributed by atoms with Gasteiger partial charge in [-0.15, -0.1) is 6.58 Å². The zero-order valence-corrected chi connectivity index (χ0v) is 13.8. The monoisotopic (exact) mass is 384 g/mol. The fraction of sp³-hybridized carbons (Fsp3) is 0.438. The van der Waals surface area contributed by atoms with E-state index in [1.165, 1.54) is 19.3 Å². The molecule has 1 aliphatic carbocycles. The average Bonchev–Trinajstić information content (AvgIpc) is 2.48. The van der Waals surface area contributed by atoms with Crippen molar-refractivity contribution in [2.45, 2.75) is 38.1 Å². The predicted molar refractivity (Wildman–Crippen MR) is 92.0 cm³/mol. The number of rotatable bonds is 4. The van der Waals surface area contributed by atoms with Crippen LogP contribution < -0.4 is 5.32 Å². The van der Waals surface area contributed by atoms with Gasteiger partial charge in [0.1, 0.15) is 0 Å². The Balaban J connectivity index is 2.02. The molecule has 0 aromatic heterocycles. The molecular weight excluding hydrogens is 363 g/mol. The lowest BCUT2D eigenvalue weighted by atomic mass is 9.94. The quantitative estimate of drug-likeness (QED) is 0.595. The smallest absolute Gasteiger partial charge is 0.318 e. The summed E-state index contributed by atoms with van der Waals surface area (Å²) in [6.45, 7) is 4.39. The molecule has 1 N–H and O–H groups in total. The van der Waals surface area contributed by atoms with Crippen LogP contribution in [0.4, 0.5) is 10.5 Å². The minimum atomic E-state index is -0.0157. The number of nitrogens with zero attached hydrogens (tertiary/aromatic N) is 1. The molecule has 2 amide bonds. The zero-order chi connectivity index (χ0) is 14.4. The number of hydrogen-bond donors (Lipinski definition) is 1. The van der Waals surface area contributed by atoms with Crippen molar-refractivity contribution < 1.29 is 4.79 Å². The molecule has 108 valence electrons. The highest BCUT2D eigenvalue weighted by molar-refractivity contribution is 14.1. The minimum Gasteiger partial charge on any atom is -0.318 e. The van der Waals surface area contributed by atoms with Gasteiger partial charge in [-0.1, -0.05) is 25.3 Å². The zero-order valence-electron chi connectivity index (χ0n) is 11.6. The Bertz CT molecular complexity index is 452. The topological polar surface area (TPSA) is 32.3 Å². The van der Waals surface area contributed by atoms with Gasteiger partial charge in [-0.25, -0.2) is 4.79 Å². The predicted octanol–water partition coefficient (Wildman–Crippen LogP) is 4.64. The first-order valence-corrected chi connectivity index (χ1v) is 8.22. The van der Waals surface area contributed by atoms with E-state index >= 15 is 0 Å². The van der Waals surface area contributed by atoms with E-state index in [9.17, 15) is 4.79 Å². The molecule has 0 heterocycles. The van der Waals surface area contributed by atoms with Gasteiger partial charge in [0.2, 0.25) is 0 Å². The van der Waals surface area contributed by atoms with E-state index in [2.05, 4.69) is 34.5 Å². The second-order valence-corrected chi connectivity index (χ2v) is 6.42. The van der Waals surface area contributed by atoms with Crippen molar-refractivity contribution in [2.24, 2.45) is 0 Å². The Morgan fingerprint density at radius 3 is 2.55 bits per heavy atom. The maximum absolute atomic E-state index is 12.5. The van der Waals surface area contributed by atoms with Crippen LogP contribution in [0, 0.1) is 3.57 Å². The summed E-state index contributed by atoms with van der Waals surface area (Å²) < 4.78 is 1.16. The number of halogens is 1. The molecule has 0 aliphatic heterocycles. The molecule has 1 aromatic rings. The first-order chi connectivity index (χ1) is 9.70. The van der Waals surface area contributed by atoms with Gasteiger partial charge >= 0.3 is 6.03 Å². The van der Waals surface area contributed by atoms with Crippen molar-refractivity contribution in [3.8, 4) is 0 Å². The molecule has 1 aliphatic rings. The average molecular weight is 384 g/mol. The molecule has 1 fully saturated rings. The van der Waals surface area contributed by atoms with Gasteiger partial charge in [-0.3, -0.25) is 0 Å². The fourth-order valence-corrected chi connectivity index (χ4v) is 3.02.